The lowest BCUT2D eigenvalue weighted by atomic mass is 9.83. The summed E-state index contributed by atoms with van der Waals surface area (Å²) in [5.41, 5.74) is 0.290. The van der Waals surface area contributed by atoms with Gasteiger partial charge in [0, 0.05) is 6.54 Å². The highest BCUT2D eigenvalue weighted by Gasteiger charge is 2.40. The first-order valence-corrected chi connectivity index (χ1v) is 9.33. The summed E-state index contributed by atoms with van der Waals surface area (Å²) in [4.78, 5) is 2.46. The van der Waals surface area contributed by atoms with Crippen LogP contribution in [0.25, 0.3) is 0 Å². The molecule has 1 unspecified atom stereocenters. The lowest BCUT2D eigenvalue weighted by Crippen LogP contribution is -2.35. The lowest BCUT2D eigenvalue weighted by Gasteiger charge is -2.33. The summed E-state index contributed by atoms with van der Waals surface area (Å²) in [6.07, 6.45) is 14.0. The van der Waals surface area contributed by atoms with Crippen molar-refractivity contribution in [3.63, 3.8) is 0 Å². The van der Waals surface area contributed by atoms with Crippen LogP contribution in [0.5, 0.6) is 0 Å². The van der Waals surface area contributed by atoms with Gasteiger partial charge in [-0.3, -0.25) is 0 Å². The number of nitrogens with zero attached hydrogens (tertiary/aromatic N) is 1. The van der Waals surface area contributed by atoms with Crippen LogP contribution in [-0.2, 0) is 4.74 Å². The Bertz CT molecular complexity index is 306. The number of rotatable bonds is 5. The fourth-order valence-corrected chi connectivity index (χ4v) is 4.52. The SMILES string of the molecule is CN1CCC(CCNCC2CCC3(CCCCC3)O2)CC1. The predicted molar refractivity (Wildman–Crippen MR) is 87.6 cm³/mol. The second-order valence-electron chi connectivity index (χ2n) is 7.76. The van der Waals surface area contributed by atoms with Crippen LogP contribution in [0.15, 0.2) is 0 Å². The van der Waals surface area contributed by atoms with Gasteiger partial charge in [-0.1, -0.05) is 19.3 Å². The van der Waals surface area contributed by atoms with E-state index in [0.717, 1.165) is 12.5 Å². The van der Waals surface area contributed by atoms with Crippen LogP contribution in [0.1, 0.15) is 64.2 Å². The molecule has 2 saturated heterocycles. The molecule has 1 N–H and O–H groups in total. The van der Waals surface area contributed by atoms with Crippen molar-refractivity contribution in [2.24, 2.45) is 5.92 Å². The van der Waals surface area contributed by atoms with Crippen LogP contribution >= 0.6 is 0 Å². The zero-order valence-corrected chi connectivity index (χ0v) is 13.9. The fourth-order valence-electron chi connectivity index (χ4n) is 4.52. The van der Waals surface area contributed by atoms with E-state index in [-0.39, 0.29) is 0 Å². The summed E-state index contributed by atoms with van der Waals surface area (Å²) in [7, 11) is 2.24. The van der Waals surface area contributed by atoms with E-state index in [2.05, 4.69) is 17.3 Å². The largest absolute Gasteiger partial charge is 0.370 e. The molecule has 3 heteroatoms. The molecule has 3 nitrogen and oxygen atoms in total. The average Bonchev–Trinajstić information content (AvgIpc) is 2.89. The van der Waals surface area contributed by atoms with Gasteiger partial charge in [0.25, 0.3) is 0 Å². The number of nitrogens with one attached hydrogen (secondary N) is 1. The maximum Gasteiger partial charge on any atom is 0.0708 e. The van der Waals surface area contributed by atoms with Gasteiger partial charge in [-0.25, -0.2) is 0 Å². The molecular formula is C18H34N2O. The zero-order valence-electron chi connectivity index (χ0n) is 13.9. The van der Waals surface area contributed by atoms with Gasteiger partial charge in [-0.15, -0.1) is 0 Å². The molecule has 3 fully saturated rings. The van der Waals surface area contributed by atoms with E-state index < -0.39 is 0 Å². The molecule has 0 aromatic rings. The Morgan fingerprint density at radius 1 is 1.05 bits per heavy atom. The van der Waals surface area contributed by atoms with Gasteiger partial charge in [-0.2, -0.15) is 0 Å². The Labute approximate surface area is 130 Å². The Balaban J connectivity index is 1.28. The fraction of sp³-hybridized carbons (Fsp3) is 1.00. The van der Waals surface area contributed by atoms with Crippen molar-refractivity contribution in [2.75, 3.05) is 33.2 Å². The van der Waals surface area contributed by atoms with Crippen molar-refractivity contribution in [1.82, 2.24) is 10.2 Å². The third kappa shape index (κ3) is 4.43. The molecule has 3 rings (SSSR count). The van der Waals surface area contributed by atoms with Gasteiger partial charge in [0.1, 0.15) is 0 Å². The van der Waals surface area contributed by atoms with Crippen molar-refractivity contribution in [1.29, 1.82) is 0 Å². The summed E-state index contributed by atoms with van der Waals surface area (Å²) in [6, 6.07) is 0. The molecule has 122 valence electrons. The first kappa shape index (κ1) is 15.8. The van der Waals surface area contributed by atoms with E-state index in [1.54, 1.807) is 0 Å². The Morgan fingerprint density at radius 3 is 2.57 bits per heavy atom. The number of likely N-dealkylation sites (tertiary alicyclic amines) is 1. The summed E-state index contributed by atoms with van der Waals surface area (Å²) < 4.78 is 6.43. The van der Waals surface area contributed by atoms with Crippen molar-refractivity contribution >= 4 is 0 Å². The van der Waals surface area contributed by atoms with Gasteiger partial charge in [0.2, 0.25) is 0 Å². The van der Waals surface area contributed by atoms with Gasteiger partial charge < -0.3 is 15.0 Å². The molecule has 2 heterocycles. The number of hydrogen-bond acceptors (Lipinski definition) is 3. The third-order valence-electron chi connectivity index (χ3n) is 6.04. The molecule has 1 saturated carbocycles. The Hall–Kier alpha value is -0.120. The lowest BCUT2D eigenvalue weighted by molar-refractivity contribution is -0.0623. The van der Waals surface area contributed by atoms with Crippen LogP contribution in [-0.4, -0.2) is 49.8 Å². The Kier molecular flexibility index (Phi) is 5.58. The van der Waals surface area contributed by atoms with E-state index >= 15 is 0 Å². The second kappa shape index (κ2) is 7.43. The summed E-state index contributed by atoms with van der Waals surface area (Å²) in [5, 5.41) is 3.67. The van der Waals surface area contributed by atoms with Crippen LogP contribution < -0.4 is 5.32 Å². The molecule has 1 spiro atoms. The molecule has 0 radical (unpaired) electrons. The topological polar surface area (TPSA) is 24.5 Å². The number of ether oxygens (including phenoxy) is 1. The molecule has 3 aliphatic rings. The molecule has 21 heavy (non-hydrogen) atoms. The third-order valence-corrected chi connectivity index (χ3v) is 6.04. The van der Waals surface area contributed by atoms with Crippen molar-refractivity contribution in [3.8, 4) is 0 Å². The molecule has 2 aliphatic heterocycles. The molecule has 1 atom stereocenters. The van der Waals surface area contributed by atoms with E-state index in [4.69, 9.17) is 4.74 Å². The highest BCUT2D eigenvalue weighted by Crippen LogP contribution is 2.41. The van der Waals surface area contributed by atoms with Crippen LogP contribution in [0.3, 0.4) is 0 Å². The number of piperidine rings is 1. The monoisotopic (exact) mass is 294 g/mol. The molecule has 1 aliphatic carbocycles. The quantitative estimate of drug-likeness (QED) is 0.788. The van der Waals surface area contributed by atoms with E-state index in [0.29, 0.717) is 11.7 Å². The van der Waals surface area contributed by atoms with Crippen molar-refractivity contribution < 1.29 is 4.74 Å². The smallest absolute Gasteiger partial charge is 0.0708 e. The minimum absolute atomic E-state index is 0.290. The molecule has 0 aromatic heterocycles. The first-order valence-electron chi connectivity index (χ1n) is 9.33. The Morgan fingerprint density at radius 2 is 1.81 bits per heavy atom. The minimum Gasteiger partial charge on any atom is -0.370 e. The maximum absolute atomic E-state index is 6.43. The molecular weight excluding hydrogens is 260 g/mol. The van der Waals surface area contributed by atoms with Crippen LogP contribution in [0.4, 0.5) is 0 Å². The van der Waals surface area contributed by atoms with Gasteiger partial charge >= 0.3 is 0 Å². The van der Waals surface area contributed by atoms with E-state index in [9.17, 15) is 0 Å². The highest BCUT2D eigenvalue weighted by atomic mass is 16.5. The molecule has 0 amide bonds. The second-order valence-corrected chi connectivity index (χ2v) is 7.76. The van der Waals surface area contributed by atoms with E-state index in [1.165, 1.54) is 83.8 Å². The minimum atomic E-state index is 0.290. The summed E-state index contributed by atoms with van der Waals surface area (Å²) in [5.74, 6) is 0.947. The summed E-state index contributed by atoms with van der Waals surface area (Å²) in [6.45, 7) is 4.84. The van der Waals surface area contributed by atoms with Gasteiger partial charge in [0.05, 0.1) is 11.7 Å². The van der Waals surface area contributed by atoms with E-state index in [1.807, 2.05) is 0 Å². The van der Waals surface area contributed by atoms with Crippen LogP contribution in [0.2, 0.25) is 0 Å². The normalized spacial score (nSPS) is 31.0. The highest BCUT2D eigenvalue weighted by molar-refractivity contribution is 4.91. The molecule has 0 bridgehead atoms. The number of hydrogen-bond donors (Lipinski definition) is 1. The predicted octanol–water partition coefficient (Wildman–Crippen LogP) is 3.19. The first-order chi connectivity index (χ1) is 10.3. The summed E-state index contributed by atoms with van der Waals surface area (Å²) >= 11 is 0. The van der Waals surface area contributed by atoms with Gasteiger partial charge in [0.15, 0.2) is 0 Å². The zero-order chi connectivity index (χ0) is 14.5. The standard InChI is InChI=1S/C18H34N2O/c1-20-13-7-16(8-14-20)6-12-19-15-17-5-11-18(21-17)9-3-2-4-10-18/h16-17,19H,2-15H2,1H3. The van der Waals surface area contributed by atoms with Gasteiger partial charge in [-0.05, 0) is 77.5 Å². The van der Waals surface area contributed by atoms with Crippen molar-refractivity contribution in [2.45, 2.75) is 75.9 Å². The van der Waals surface area contributed by atoms with Crippen LogP contribution in [0, 0.1) is 5.92 Å². The van der Waals surface area contributed by atoms with Crippen molar-refractivity contribution in [3.05, 3.63) is 0 Å². The maximum atomic E-state index is 6.43. The molecule has 0 aromatic carbocycles. The average molecular weight is 294 g/mol.